The van der Waals surface area contributed by atoms with Crippen LogP contribution in [0.5, 0.6) is 6.01 Å². The summed E-state index contributed by atoms with van der Waals surface area (Å²) >= 11 is 0. The van der Waals surface area contributed by atoms with Gasteiger partial charge in [0.15, 0.2) is 0 Å². The van der Waals surface area contributed by atoms with Crippen molar-refractivity contribution in [1.29, 1.82) is 0 Å². The normalized spacial score (nSPS) is 19.4. The van der Waals surface area contributed by atoms with Crippen LogP contribution >= 0.6 is 0 Å². The van der Waals surface area contributed by atoms with E-state index in [9.17, 15) is 9.18 Å². The van der Waals surface area contributed by atoms with Crippen molar-refractivity contribution in [2.75, 3.05) is 20.2 Å². The molecule has 1 saturated heterocycles. The first-order valence-corrected chi connectivity index (χ1v) is 12.8. The lowest BCUT2D eigenvalue weighted by molar-refractivity contribution is -0.135. The summed E-state index contributed by atoms with van der Waals surface area (Å²) in [4.78, 5) is 30.8. The maximum absolute atomic E-state index is 14.5. The highest BCUT2D eigenvalue weighted by atomic mass is 19.1. The Balaban J connectivity index is 1.20. The van der Waals surface area contributed by atoms with Crippen molar-refractivity contribution in [3.8, 4) is 6.01 Å². The van der Waals surface area contributed by atoms with Gasteiger partial charge in [0.1, 0.15) is 5.82 Å². The Morgan fingerprint density at radius 3 is 2.73 bits per heavy atom. The minimum absolute atomic E-state index is 0.124. The maximum Gasteiger partial charge on any atom is 0.316 e. The summed E-state index contributed by atoms with van der Waals surface area (Å²) in [7, 11) is 1.54. The van der Waals surface area contributed by atoms with Gasteiger partial charge in [-0.25, -0.2) is 14.4 Å². The zero-order valence-corrected chi connectivity index (χ0v) is 21.2. The number of rotatable bonds is 5. The Morgan fingerprint density at radius 1 is 1.11 bits per heavy atom. The second-order valence-corrected chi connectivity index (χ2v) is 10.2. The van der Waals surface area contributed by atoms with Gasteiger partial charge in [-0.3, -0.25) is 14.7 Å². The van der Waals surface area contributed by atoms with E-state index >= 15 is 0 Å². The lowest BCUT2D eigenvalue weighted by Gasteiger charge is -2.41. The summed E-state index contributed by atoms with van der Waals surface area (Å²) in [6.45, 7) is 5.33. The highest BCUT2D eigenvalue weighted by molar-refractivity contribution is 6.15. The Bertz CT molecular complexity index is 1390. The number of hydrogen-bond donors (Lipinski definition) is 0. The number of benzene rings is 2. The molecule has 3 aliphatic rings. The third-order valence-electron chi connectivity index (χ3n) is 7.70. The van der Waals surface area contributed by atoms with E-state index in [-0.39, 0.29) is 17.8 Å². The minimum Gasteiger partial charge on any atom is -0.467 e. The van der Waals surface area contributed by atoms with Gasteiger partial charge in [0, 0.05) is 54.8 Å². The predicted molar refractivity (Wildman–Crippen MR) is 138 cm³/mol. The SMILES string of the molecule is COc1ncc(C2=NCc3cc4c(cc32)CN([C@@H]2CCCN(Cc3ccc(C)cc3F)C2)C(=O)C4)cn1. The minimum atomic E-state index is -0.154. The van der Waals surface area contributed by atoms with Crippen molar-refractivity contribution in [3.05, 3.63) is 87.5 Å². The van der Waals surface area contributed by atoms with Gasteiger partial charge in [0.2, 0.25) is 5.91 Å². The number of hydrogen-bond acceptors (Lipinski definition) is 6. The summed E-state index contributed by atoms with van der Waals surface area (Å²) < 4.78 is 19.6. The summed E-state index contributed by atoms with van der Waals surface area (Å²) in [5.41, 5.74) is 7.86. The van der Waals surface area contributed by atoms with E-state index in [0.717, 1.165) is 59.5 Å². The van der Waals surface area contributed by atoms with Gasteiger partial charge in [0.25, 0.3) is 0 Å². The van der Waals surface area contributed by atoms with E-state index in [1.54, 1.807) is 25.6 Å². The third kappa shape index (κ3) is 4.62. The molecule has 1 atom stereocenters. The average molecular weight is 500 g/mol. The molecule has 3 aromatic rings. The fourth-order valence-electron chi connectivity index (χ4n) is 5.76. The van der Waals surface area contributed by atoms with Gasteiger partial charge in [-0.2, -0.15) is 0 Å². The van der Waals surface area contributed by atoms with Gasteiger partial charge in [-0.15, -0.1) is 0 Å². The van der Waals surface area contributed by atoms with Crippen LogP contribution in [0.15, 0.2) is 47.7 Å². The van der Waals surface area contributed by atoms with Crippen LogP contribution in [0.4, 0.5) is 4.39 Å². The second-order valence-electron chi connectivity index (χ2n) is 10.2. The molecule has 0 aliphatic carbocycles. The Morgan fingerprint density at radius 2 is 1.95 bits per heavy atom. The number of carbonyl (C=O) groups excluding carboxylic acids is 1. The summed E-state index contributed by atoms with van der Waals surface area (Å²) in [6.07, 6.45) is 5.85. The number of aryl methyl sites for hydroxylation is 1. The Labute approximate surface area is 216 Å². The van der Waals surface area contributed by atoms with Crippen molar-refractivity contribution in [2.45, 2.75) is 51.9 Å². The second kappa shape index (κ2) is 9.67. The molecule has 1 amide bonds. The molecule has 190 valence electrons. The molecule has 3 aliphatic heterocycles. The van der Waals surface area contributed by atoms with Crippen molar-refractivity contribution in [3.63, 3.8) is 0 Å². The number of piperidine rings is 1. The van der Waals surface area contributed by atoms with Crippen LogP contribution in [-0.2, 0) is 30.8 Å². The van der Waals surface area contributed by atoms with Crippen molar-refractivity contribution in [1.82, 2.24) is 19.8 Å². The van der Waals surface area contributed by atoms with Crippen LogP contribution in [0, 0.1) is 12.7 Å². The summed E-state index contributed by atoms with van der Waals surface area (Å²) in [5, 5.41) is 0. The monoisotopic (exact) mass is 499 g/mol. The third-order valence-corrected chi connectivity index (χ3v) is 7.70. The van der Waals surface area contributed by atoms with Crippen LogP contribution in [0.1, 0.15) is 51.8 Å². The number of likely N-dealkylation sites (tertiary alicyclic amines) is 1. The van der Waals surface area contributed by atoms with Crippen LogP contribution in [0.2, 0.25) is 0 Å². The van der Waals surface area contributed by atoms with E-state index in [1.807, 2.05) is 24.0 Å². The van der Waals surface area contributed by atoms with Gasteiger partial charge in [0.05, 0.1) is 25.8 Å². The predicted octanol–water partition coefficient (Wildman–Crippen LogP) is 3.83. The van der Waals surface area contributed by atoms with Crippen LogP contribution in [-0.4, -0.2) is 57.6 Å². The smallest absolute Gasteiger partial charge is 0.316 e. The molecule has 4 heterocycles. The van der Waals surface area contributed by atoms with E-state index in [1.165, 1.54) is 5.56 Å². The molecule has 0 bridgehead atoms. The Kier molecular flexibility index (Phi) is 6.20. The van der Waals surface area contributed by atoms with Crippen molar-refractivity contribution in [2.24, 2.45) is 4.99 Å². The lowest BCUT2D eigenvalue weighted by Crippen LogP contribution is -2.51. The molecule has 0 radical (unpaired) electrons. The number of amides is 1. The molecule has 1 fully saturated rings. The number of ether oxygens (including phenoxy) is 1. The van der Waals surface area contributed by atoms with Gasteiger partial charge in [-0.05, 0) is 60.7 Å². The van der Waals surface area contributed by atoms with Crippen LogP contribution in [0.25, 0.3) is 0 Å². The zero-order chi connectivity index (χ0) is 25.5. The Hall–Kier alpha value is -3.65. The van der Waals surface area contributed by atoms with Crippen LogP contribution < -0.4 is 4.74 Å². The fraction of sp³-hybridized carbons (Fsp3) is 0.379. The van der Waals surface area contributed by atoms with E-state index in [4.69, 9.17) is 9.73 Å². The van der Waals surface area contributed by atoms with E-state index in [2.05, 4.69) is 27.0 Å². The topological polar surface area (TPSA) is 70.9 Å². The molecule has 0 N–H and O–H groups in total. The van der Waals surface area contributed by atoms with Crippen molar-refractivity contribution >= 4 is 11.6 Å². The van der Waals surface area contributed by atoms with E-state index in [0.29, 0.717) is 37.6 Å². The van der Waals surface area contributed by atoms with E-state index < -0.39 is 0 Å². The lowest BCUT2D eigenvalue weighted by atomic mass is 9.90. The fourth-order valence-corrected chi connectivity index (χ4v) is 5.76. The highest BCUT2D eigenvalue weighted by Gasteiger charge is 2.33. The molecule has 0 saturated carbocycles. The molecular weight excluding hydrogens is 469 g/mol. The van der Waals surface area contributed by atoms with Crippen LogP contribution in [0.3, 0.4) is 0 Å². The summed E-state index contributed by atoms with van der Waals surface area (Å²) in [6, 6.07) is 10.2. The average Bonchev–Trinajstić information content (AvgIpc) is 3.31. The number of aromatic nitrogens is 2. The van der Waals surface area contributed by atoms with Gasteiger partial charge < -0.3 is 9.64 Å². The largest absolute Gasteiger partial charge is 0.467 e. The molecule has 2 aromatic carbocycles. The number of nitrogens with zero attached hydrogens (tertiary/aromatic N) is 5. The number of carbonyl (C=O) groups is 1. The van der Waals surface area contributed by atoms with Gasteiger partial charge in [-0.1, -0.05) is 18.2 Å². The maximum atomic E-state index is 14.5. The molecule has 6 rings (SSSR count). The zero-order valence-electron chi connectivity index (χ0n) is 21.2. The number of methoxy groups -OCH3 is 1. The molecule has 0 spiro atoms. The highest BCUT2D eigenvalue weighted by Crippen LogP contribution is 2.32. The van der Waals surface area contributed by atoms with Gasteiger partial charge >= 0.3 is 6.01 Å². The van der Waals surface area contributed by atoms with Crippen molar-refractivity contribution < 1.29 is 13.9 Å². The first-order valence-electron chi connectivity index (χ1n) is 12.8. The molecule has 1 aromatic heterocycles. The number of fused-ring (bicyclic) bond motifs is 2. The molecule has 8 heteroatoms. The quantitative estimate of drug-likeness (QED) is 0.534. The standard InChI is InChI=1S/C29H30FN5O2/c1-18-5-6-19(26(30)8-18)15-34-7-3-4-24(17-34)35-16-22-10-25-21(9-20(22)11-27(35)36)12-31-28(25)23-13-32-29(37-2)33-14-23/h5-6,8-10,13-14,24H,3-4,7,11-12,15-17H2,1-2H3/t24-/m1/s1. The summed E-state index contributed by atoms with van der Waals surface area (Å²) in [5.74, 6) is 0.0159. The molecule has 37 heavy (non-hydrogen) atoms. The first-order chi connectivity index (χ1) is 18.0. The molecule has 0 unspecified atom stereocenters. The number of halogens is 1. The first kappa shape index (κ1) is 23.7. The number of aliphatic imine (C=N–C) groups is 1. The molecular formula is C29H30FN5O2. The molecule has 7 nitrogen and oxygen atoms in total.